The lowest BCUT2D eigenvalue weighted by atomic mass is 9.44. The molecule has 5 aromatic rings. The van der Waals surface area contributed by atoms with Crippen molar-refractivity contribution in [1.82, 2.24) is 0 Å². The van der Waals surface area contributed by atoms with Crippen LogP contribution in [0, 0.1) is 23.7 Å². The van der Waals surface area contributed by atoms with Crippen LogP contribution in [0.25, 0.3) is 5.57 Å². The number of phenolic OH excluding ortho intramolecular Hbond substituents is 1. The number of hydrogen-bond acceptors (Lipinski definition) is 7. The summed E-state index contributed by atoms with van der Waals surface area (Å²) in [6.45, 7) is 0. The molecule has 0 unspecified atom stereocenters. The molecule has 0 spiro atoms. The van der Waals surface area contributed by atoms with Crippen LogP contribution in [-0.2, 0) is 24.6 Å². The van der Waals surface area contributed by atoms with E-state index >= 15 is 9.59 Å². The molecule has 2 fully saturated rings. The lowest BCUT2D eigenvalue weighted by molar-refractivity contribution is -0.135. The number of imide groups is 1. The van der Waals surface area contributed by atoms with Gasteiger partial charge >= 0.3 is 0 Å². The van der Waals surface area contributed by atoms with Crippen molar-refractivity contribution < 1.29 is 33.8 Å². The summed E-state index contributed by atoms with van der Waals surface area (Å²) in [4.78, 5) is 73.9. The Hall–Kier alpha value is -6.67. The predicted octanol–water partition coefficient (Wildman–Crippen LogP) is 7.66. The molecule has 6 atom stereocenters. The molecule has 5 aromatic carbocycles. The first-order valence-electron chi connectivity index (χ1n) is 18.8. The lowest BCUT2D eigenvalue weighted by Gasteiger charge is -2.55. The summed E-state index contributed by atoms with van der Waals surface area (Å²) in [6, 6.07) is 38.6. The average Bonchev–Trinajstić information content (AvgIpc) is 3.50. The van der Waals surface area contributed by atoms with E-state index in [2.05, 4.69) is 0 Å². The van der Waals surface area contributed by atoms with E-state index in [-0.39, 0.29) is 47.8 Å². The number of fused-ring (bicyclic) bond motifs is 4. The molecule has 8 heteroatoms. The number of allylic oxidation sites excluding steroid dienone is 4. The number of rotatable bonds is 7. The zero-order valence-corrected chi connectivity index (χ0v) is 30.5. The molecule has 1 saturated heterocycles. The normalized spacial score (nSPS) is 25.4. The second-order valence-corrected chi connectivity index (χ2v) is 15.0. The molecule has 276 valence electrons. The number of carbonyl (C=O) groups excluding carboxylic acids is 5. The standard InChI is InChI=1S/C48H37NO7/c1-56-40-25-33(50)21-22-35(40)43-34-23-24-36-42(47(55)49(46(36)54)32-19-17-30(18-20-32)44(52)29-13-7-3-8-14-29)38(34)26-39-45(53)37(28-11-5-2-6-12-28)27-41(51)48(39,43)31-15-9-4-10-16-31/h2-23,25,27,36,38-39,42-43,50H,24,26H2,1H3/t36-,38+,39-,42-,43+,48-/m0/s1. The number of anilines is 1. The Morgan fingerprint density at radius 2 is 1.39 bits per heavy atom. The first kappa shape index (κ1) is 35.1. The van der Waals surface area contributed by atoms with E-state index in [1.165, 1.54) is 24.2 Å². The van der Waals surface area contributed by atoms with Crippen molar-refractivity contribution in [2.24, 2.45) is 23.7 Å². The van der Waals surface area contributed by atoms with Crippen molar-refractivity contribution in [3.63, 3.8) is 0 Å². The Labute approximate surface area is 323 Å². The zero-order valence-electron chi connectivity index (χ0n) is 30.5. The Morgan fingerprint density at radius 3 is 2.07 bits per heavy atom. The van der Waals surface area contributed by atoms with Crippen molar-refractivity contribution in [3.05, 3.63) is 179 Å². The molecule has 1 heterocycles. The molecule has 0 radical (unpaired) electrons. The summed E-state index contributed by atoms with van der Waals surface area (Å²) in [6.07, 6.45) is 3.88. The largest absolute Gasteiger partial charge is 0.508 e. The van der Waals surface area contributed by atoms with Gasteiger partial charge in [-0.2, -0.15) is 0 Å². The molecular formula is C48H37NO7. The molecule has 56 heavy (non-hydrogen) atoms. The van der Waals surface area contributed by atoms with Crippen LogP contribution >= 0.6 is 0 Å². The topological polar surface area (TPSA) is 118 Å². The van der Waals surface area contributed by atoms with Crippen molar-refractivity contribution in [2.45, 2.75) is 24.2 Å². The van der Waals surface area contributed by atoms with Gasteiger partial charge in [-0.15, -0.1) is 0 Å². The Bertz CT molecular complexity index is 2490. The van der Waals surface area contributed by atoms with Crippen LogP contribution in [0.15, 0.2) is 151 Å². The fraction of sp³-hybridized carbons (Fsp3) is 0.188. The SMILES string of the molecule is COc1cc(O)ccc1[C@H]1C2=CC[C@@H]3C(=O)N(c4ccc(C(=O)c5ccccc5)cc4)C(=O)[C@@H]3[C@@H]2C[C@H]2C(=O)C(c3ccccc3)=CC(=O)[C@@]12c1ccccc1. The number of nitrogens with zero attached hydrogens (tertiary/aromatic N) is 1. The van der Waals surface area contributed by atoms with Crippen LogP contribution < -0.4 is 9.64 Å². The van der Waals surface area contributed by atoms with Gasteiger partial charge in [0.1, 0.15) is 11.5 Å². The second-order valence-electron chi connectivity index (χ2n) is 15.0. The number of methoxy groups -OCH3 is 1. The van der Waals surface area contributed by atoms with E-state index in [0.717, 1.165) is 5.57 Å². The van der Waals surface area contributed by atoms with Gasteiger partial charge in [0.15, 0.2) is 17.3 Å². The van der Waals surface area contributed by atoms with Crippen LogP contribution in [0.3, 0.4) is 0 Å². The van der Waals surface area contributed by atoms with Gasteiger partial charge in [0, 0.05) is 40.2 Å². The van der Waals surface area contributed by atoms with E-state index in [1.807, 2.05) is 72.8 Å². The number of amides is 2. The predicted molar refractivity (Wildman–Crippen MR) is 210 cm³/mol. The minimum Gasteiger partial charge on any atom is -0.508 e. The van der Waals surface area contributed by atoms with Gasteiger partial charge in [0.05, 0.1) is 30.0 Å². The summed E-state index contributed by atoms with van der Waals surface area (Å²) in [7, 11) is 1.49. The van der Waals surface area contributed by atoms with Gasteiger partial charge in [0.25, 0.3) is 0 Å². The maximum atomic E-state index is 15.3. The highest BCUT2D eigenvalue weighted by Gasteiger charge is 2.66. The number of ketones is 3. The fourth-order valence-corrected chi connectivity index (χ4v) is 9.93. The molecule has 8 nitrogen and oxygen atoms in total. The Morgan fingerprint density at radius 1 is 0.750 bits per heavy atom. The van der Waals surface area contributed by atoms with E-state index in [4.69, 9.17) is 4.74 Å². The minimum absolute atomic E-state index is 0.0260. The summed E-state index contributed by atoms with van der Waals surface area (Å²) >= 11 is 0. The quantitative estimate of drug-likeness (QED) is 0.104. The maximum absolute atomic E-state index is 15.3. The third-order valence-electron chi connectivity index (χ3n) is 12.3. The molecule has 1 saturated carbocycles. The highest BCUT2D eigenvalue weighted by Crippen LogP contribution is 2.64. The van der Waals surface area contributed by atoms with Gasteiger partial charge in [-0.1, -0.05) is 109 Å². The molecule has 9 rings (SSSR count). The first-order valence-corrected chi connectivity index (χ1v) is 18.8. The van der Waals surface area contributed by atoms with Crippen LogP contribution in [-0.4, -0.2) is 41.4 Å². The zero-order chi connectivity index (χ0) is 38.7. The van der Waals surface area contributed by atoms with E-state index in [0.29, 0.717) is 44.8 Å². The third-order valence-corrected chi connectivity index (χ3v) is 12.3. The highest BCUT2D eigenvalue weighted by molar-refractivity contribution is 6.32. The summed E-state index contributed by atoms with van der Waals surface area (Å²) in [5.74, 6) is -4.80. The molecule has 4 aliphatic rings. The first-order chi connectivity index (χ1) is 27.2. The molecule has 1 N–H and O–H groups in total. The van der Waals surface area contributed by atoms with Gasteiger partial charge in [-0.25, -0.2) is 0 Å². The van der Waals surface area contributed by atoms with E-state index in [9.17, 15) is 19.5 Å². The number of hydrogen-bond donors (Lipinski definition) is 1. The minimum atomic E-state index is -1.43. The lowest BCUT2D eigenvalue weighted by Crippen LogP contribution is -2.58. The molecule has 1 aliphatic heterocycles. The van der Waals surface area contributed by atoms with Crippen LogP contribution in [0.4, 0.5) is 5.69 Å². The van der Waals surface area contributed by atoms with Gasteiger partial charge in [-0.05, 0) is 66.3 Å². The molecule has 2 amide bonds. The molecule has 0 aromatic heterocycles. The number of aromatic hydroxyl groups is 1. The van der Waals surface area contributed by atoms with Crippen molar-refractivity contribution in [3.8, 4) is 11.5 Å². The number of phenols is 1. The number of Topliss-reactive ketones (excluding diaryl/α,β-unsaturated/α-hetero) is 1. The van der Waals surface area contributed by atoms with Crippen LogP contribution in [0.5, 0.6) is 11.5 Å². The van der Waals surface area contributed by atoms with E-state index in [1.54, 1.807) is 60.7 Å². The number of carbonyl (C=O) groups is 5. The van der Waals surface area contributed by atoms with E-state index < -0.39 is 35.0 Å². The number of ether oxygens (including phenoxy) is 1. The second kappa shape index (κ2) is 13.6. The summed E-state index contributed by atoms with van der Waals surface area (Å²) in [5, 5.41) is 10.6. The van der Waals surface area contributed by atoms with Gasteiger partial charge < -0.3 is 9.84 Å². The summed E-state index contributed by atoms with van der Waals surface area (Å²) < 4.78 is 5.87. The van der Waals surface area contributed by atoms with Crippen molar-refractivity contribution in [2.75, 3.05) is 12.0 Å². The van der Waals surface area contributed by atoms with Crippen molar-refractivity contribution in [1.29, 1.82) is 0 Å². The third kappa shape index (κ3) is 5.23. The monoisotopic (exact) mass is 739 g/mol. The molecule has 3 aliphatic carbocycles. The average molecular weight is 740 g/mol. The van der Waals surface area contributed by atoms with Crippen LogP contribution in [0.1, 0.15) is 51.4 Å². The smallest absolute Gasteiger partial charge is 0.238 e. The maximum Gasteiger partial charge on any atom is 0.238 e. The van der Waals surface area contributed by atoms with Crippen molar-refractivity contribution >= 4 is 40.4 Å². The number of benzene rings is 5. The molecular weight excluding hydrogens is 703 g/mol. The molecule has 0 bridgehead atoms. The fourth-order valence-electron chi connectivity index (χ4n) is 9.93. The van der Waals surface area contributed by atoms with Gasteiger partial charge in [0.2, 0.25) is 11.8 Å². The van der Waals surface area contributed by atoms with Crippen LogP contribution in [0.2, 0.25) is 0 Å². The van der Waals surface area contributed by atoms with Gasteiger partial charge in [-0.3, -0.25) is 28.9 Å². The Balaban J connectivity index is 1.19. The Kier molecular flexibility index (Phi) is 8.49. The summed E-state index contributed by atoms with van der Waals surface area (Å²) in [5.41, 5.74) is 2.88. The highest BCUT2D eigenvalue weighted by atomic mass is 16.5.